The largest absolute Gasteiger partial charge is 0.474 e. The molecule has 1 saturated heterocycles. The van der Waals surface area contributed by atoms with Crippen LogP contribution in [0.3, 0.4) is 0 Å². The van der Waals surface area contributed by atoms with Gasteiger partial charge >= 0.3 is 0 Å². The van der Waals surface area contributed by atoms with E-state index in [4.69, 9.17) is 9.72 Å². The Morgan fingerprint density at radius 1 is 1.11 bits per heavy atom. The van der Waals surface area contributed by atoms with Crippen LogP contribution in [-0.4, -0.2) is 62.1 Å². The second kappa shape index (κ2) is 10.1. The van der Waals surface area contributed by atoms with Gasteiger partial charge in [0.05, 0.1) is 11.7 Å². The van der Waals surface area contributed by atoms with Crippen molar-refractivity contribution in [2.45, 2.75) is 76.0 Å². The summed E-state index contributed by atoms with van der Waals surface area (Å²) >= 11 is 1.21. The van der Waals surface area contributed by atoms with Crippen LogP contribution in [-0.2, 0) is 0 Å². The Morgan fingerprint density at radius 3 is 2.68 bits per heavy atom. The van der Waals surface area contributed by atoms with Crippen LogP contribution in [0.4, 0.5) is 11.6 Å². The van der Waals surface area contributed by atoms with Gasteiger partial charge in [-0.05, 0) is 99.3 Å². The number of rotatable bonds is 5. The predicted molar refractivity (Wildman–Crippen MR) is 169 cm³/mol. The molecule has 4 fully saturated rings. The summed E-state index contributed by atoms with van der Waals surface area (Å²) in [6.45, 7) is 8.72. The van der Waals surface area contributed by atoms with Crippen molar-refractivity contribution >= 4 is 29.5 Å². The number of anilines is 2. The third-order valence-corrected chi connectivity index (χ3v) is 11.9. The highest BCUT2D eigenvalue weighted by atomic mass is 32.2. The Hall–Kier alpha value is -3.31. The number of aromatic nitrogens is 4. The predicted octanol–water partition coefficient (Wildman–Crippen LogP) is 5.09. The number of nitrogens with zero attached hydrogens (tertiary/aromatic N) is 5. The van der Waals surface area contributed by atoms with Gasteiger partial charge in [-0.3, -0.25) is 9.52 Å². The summed E-state index contributed by atoms with van der Waals surface area (Å²) in [7, 11) is 0. The molecule has 10 nitrogen and oxygen atoms in total. The molecular formula is C33H41N7O3S. The number of fused-ring (bicyclic) bond motifs is 7. The zero-order valence-corrected chi connectivity index (χ0v) is 26.4. The van der Waals surface area contributed by atoms with E-state index in [2.05, 4.69) is 45.8 Å². The summed E-state index contributed by atoms with van der Waals surface area (Å²) in [4.78, 5) is 25.7. The lowest BCUT2D eigenvalue weighted by Crippen LogP contribution is -2.40. The maximum Gasteiger partial charge on any atom is 0.265 e. The fraction of sp³-hybridized carbons (Fsp3) is 0.576. The topological polar surface area (TPSA) is 117 Å². The SMILES string of the molecule is CC1CCNc2cccc(n2)SNC(=O)c2ccc(-n3ccc(OCC(O)C4C5(CC5)C45CC5)n3)nc2N2CC1CC2(C)C. The van der Waals surface area contributed by atoms with Crippen LogP contribution in [0, 0.1) is 28.6 Å². The third-order valence-electron chi connectivity index (χ3n) is 11.2. The molecule has 3 N–H and O–H groups in total. The lowest BCUT2D eigenvalue weighted by molar-refractivity contribution is 0.0768. The molecule has 0 radical (unpaired) electrons. The van der Waals surface area contributed by atoms with Gasteiger partial charge in [0.15, 0.2) is 5.82 Å². The zero-order valence-electron chi connectivity index (χ0n) is 25.6. The normalized spacial score (nSPS) is 26.6. The van der Waals surface area contributed by atoms with Crippen LogP contribution in [0.15, 0.2) is 47.6 Å². The van der Waals surface area contributed by atoms with Crippen molar-refractivity contribution in [2.24, 2.45) is 28.6 Å². The third kappa shape index (κ3) is 4.65. The summed E-state index contributed by atoms with van der Waals surface area (Å²) < 4.78 is 10.7. The first-order chi connectivity index (χ1) is 21.2. The lowest BCUT2D eigenvalue weighted by Gasteiger charge is -2.34. The highest BCUT2D eigenvalue weighted by Gasteiger charge is 2.87. The summed E-state index contributed by atoms with van der Waals surface area (Å²) in [5.41, 5.74) is 1.19. The van der Waals surface area contributed by atoms with Crippen molar-refractivity contribution in [3.63, 3.8) is 0 Å². The average Bonchev–Trinajstić information content (AvgIpc) is 3.96. The van der Waals surface area contributed by atoms with Crippen molar-refractivity contribution in [1.29, 1.82) is 0 Å². The second-order valence-corrected chi connectivity index (χ2v) is 15.1. The quantitative estimate of drug-likeness (QED) is 0.338. The minimum atomic E-state index is -0.448. The molecule has 0 aromatic carbocycles. The molecular weight excluding hydrogens is 574 g/mol. The number of amides is 1. The minimum absolute atomic E-state index is 0.182. The molecule has 232 valence electrons. The monoisotopic (exact) mass is 615 g/mol. The molecule has 44 heavy (non-hydrogen) atoms. The molecule has 4 bridgehead atoms. The lowest BCUT2D eigenvalue weighted by atomic mass is 9.86. The van der Waals surface area contributed by atoms with Crippen LogP contribution in [0.2, 0.25) is 0 Å². The molecule has 3 aromatic rings. The van der Waals surface area contributed by atoms with Crippen LogP contribution in [0.25, 0.3) is 5.82 Å². The molecule has 3 atom stereocenters. The van der Waals surface area contributed by atoms with E-state index >= 15 is 0 Å². The molecule has 11 heteroatoms. The van der Waals surface area contributed by atoms with Crippen molar-refractivity contribution in [2.75, 3.05) is 29.9 Å². The number of ether oxygens (including phenoxy) is 1. The van der Waals surface area contributed by atoms with E-state index in [1.54, 1.807) is 4.68 Å². The fourth-order valence-electron chi connectivity index (χ4n) is 8.57. The Balaban J connectivity index is 1.06. The molecule has 2 spiro atoms. The first-order valence-electron chi connectivity index (χ1n) is 16.0. The Morgan fingerprint density at radius 2 is 1.91 bits per heavy atom. The van der Waals surface area contributed by atoms with Crippen LogP contribution in [0.5, 0.6) is 5.88 Å². The number of hydrogen-bond donors (Lipinski definition) is 3. The van der Waals surface area contributed by atoms with Gasteiger partial charge in [-0.15, -0.1) is 5.10 Å². The highest BCUT2D eigenvalue weighted by molar-refractivity contribution is 7.97. The van der Waals surface area contributed by atoms with E-state index in [1.165, 1.54) is 37.6 Å². The van der Waals surface area contributed by atoms with E-state index < -0.39 is 6.10 Å². The number of nitrogens with one attached hydrogen (secondary N) is 2. The zero-order chi connectivity index (χ0) is 30.3. The maximum absolute atomic E-state index is 13.6. The van der Waals surface area contributed by atoms with Crippen molar-refractivity contribution < 1.29 is 14.6 Å². The minimum Gasteiger partial charge on any atom is -0.474 e. The Labute approximate surface area is 262 Å². The fourth-order valence-corrected chi connectivity index (χ4v) is 9.17. The van der Waals surface area contributed by atoms with Gasteiger partial charge in [-0.25, -0.2) is 14.6 Å². The smallest absolute Gasteiger partial charge is 0.265 e. The van der Waals surface area contributed by atoms with Gasteiger partial charge in [-0.2, -0.15) is 0 Å². The molecule has 8 rings (SSSR count). The Bertz CT molecular complexity index is 1580. The van der Waals surface area contributed by atoms with Crippen LogP contribution in [0.1, 0.15) is 69.7 Å². The summed E-state index contributed by atoms with van der Waals surface area (Å²) in [5, 5.41) is 19.7. The van der Waals surface area contributed by atoms with Gasteiger partial charge < -0.3 is 20.1 Å². The first kappa shape index (κ1) is 28.2. The van der Waals surface area contributed by atoms with Crippen molar-refractivity contribution in [1.82, 2.24) is 24.5 Å². The van der Waals surface area contributed by atoms with Gasteiger partial charge in [0.25, 0.3) is 5.91 Å². The molecule has 3 aromatic heterocycles. The molecule has 5 aliphatic rings. The number of pyridine rings is 2. The van der Waals surface area contributed by atoms with E-state index in [9.17, 15) is 9.90 Å². The molecule has 3 unspecified atom stereocenters. The number of hydrogen-bond acceptors (Lipinski definition) is 9. The number of aliphatic hydroxyl groups excluding tert-OH is 1. The van der Waals surface area contributed by atoms with E-state index in [0.717, 1.165) is 36.8 Å². The molecule has 2 aliphatic heterocycles. The molecule has 5 heterocycles. The Kier molecular flexibility index (Phi) is 6.47. The van der Waals surface area contributed by atoms with E-state index in [-0.39, 0.29) is 18.1 Å². The van der Waals surface area contributed by atoms with E-state index in [1.807, 2.05) is 42.6 Å². The number of carbonyl (C=O) groups is 1. The van der Waals surface area contributed by atoms with E-state index in [0.29, 0.717) is 51.7 Å². The van der Waals surface area contributed by atoms with Crippen molar-refractivity contribution in [3.8, 4) is 11.7 Å². The second-order valence-electron chi connectivity index (χ2n) is 14.3. The maximum atomic E-state index is 13.6. The van der Waals surface area contributed by atoms with Gasteiger partial charge in [0.2, 0.25) is 5.88 Å². The van der Waals surface area contributed by atoms with Crippen LogP contribution >= 0.6 is 11.9 Å². The van der Waals surface area contributed by atoms with Gasteiger partial charge in [0, 0.05) is 48.8 Å². The molecule has 1 amide bonds. The van der Waals surface area contributed by atoms with Crippen LogP contribution < -0.4 is 19.7 Å². The average molecular weight is 616 g/mol. The van der Waals surface area contributed by atoms with Gasteiger partial charge in [0.1, 0.15) is 23.3 Å². The summed E-state index contributed by atoms with van der Waals surface area (Å²) in [6.07, 6.45) is 8.46. The summed E-state index contributed by atoms with van der Waals surface area (Å²) in [5.74, 6) is 3.66. The standard InChI is InChI=1S/C33H41N7O3S/c1-20-9-15-34-24-5-4-6-27(35-24)44-38-30(42)22-7-8-25(36-29(22)39-18-21(20)17-31(39,2)3)40-16-10-26(37-40)43-19-23(41)28-32(11-12-32)33(28)13-14-33/h4-8,10,16,20-21,23,28,41H,9,11-15,17-19H2,1-3H3,(H,34,35)(H,38,42). The number of aliphatic hydroxyl groups is 1. The van der Waals surface area contributed by atoms with Gasteiger partial charge in [-0.1, -0.05) is 13.0 Å². The highest BCUT2D eigenvalue weighted by Crippen LogP contribution is 2.93. The molecule has 3 saturated carbocycles. The van der Waals surface area contributed by atoms with Crippen molar-refractivity contribution in [3.05, 3.63) is 48.2 Å². The summed E-state index contributed by atoms with van der Waals surface area (Å²) in [6, 6.07) is 11.3. The number of carbonyl (C=O) groups excluding carboxylic acids is 1. The first-order valence-corrected chi connectivity index (χ1v) is 16.8. The molecule has 3 aliphatic carbocycles.